The lowest BCUT2D eigenvalue weighted by Gasteiger charge is -2.17. The van der Waals surface area contributed by atoms with Gasteiger partial charge in [0.05, 0.1) is 17.6 Å². The molecule has 27 heavy (non-hydrogen) atoms. The number of nitrogens with zero attached hydrogens (tertiary/aromatic N) is 3. The number of H-pyrrole nitrogens is 1. The average molecular weight is 392 g/mol. The highest BCUT2D eigenvalue weighted by atomic mass is 31.2. The molecule has 144 valence electrons. The maximum atomic E-state index is 12.2. The monoisotopic (exact) mass is 392 g/mol. The zero-order valence-electron chi connectivity index (χ0n) is 15.1. The van der Waals surface area contributed by atoms with Crippen LogP contribution in [0.5, 0.6) is 0 Å². The van der Waals surface area contributed by atoms with E-state index in [1.807, 2.05) is 30.5 Å². The van der Waals surface area contributed by atoms with Crippen LogP contribution in [-0.2, 0) is 11.1 Å². The SMILES string of the molecule is Cc1cc2nc3c(=O)[nH]c(=O)nc-3n(CCCCCOP(O)O)c2cc1C. The molecule has 0 saturated heterocycles. The minimum absolute atomic E-state index is 0.139. The second kappa shape index (κ2) is 8.22. The third kappa shape index (κ3) is 4.39. The fraction of sp³-hybridized carbons (Fsp3) is 0.412. The maximum Gasteiger partial charge on any atom is 0.349 e. The predicted octanol–water partition coefficient (Wildman–Crippen LogP) is 1.60. The Hall–Kier alpha value is -2.19. The van der Waals surface area contributed by atoms with Gasteiger partial charge in [0.15, 0.2) is 11.5 Å². The standard InChI is InChI=1S/C17H21N4O5P/c1-10-8-12-13(9-11(10)2)21(6-4-3-5-7-26-27(24)25)15-14(18-12)16(22)20-17(23)19-15/h8-9,24-25H,3-7H2,1-2H3,(H,20,22,23). The zero-order valence-corrected chi connectivity index (χ0v) is 16.0. The smallest absolute Gasteiger partial charge is 0.328 e. The molecule has 1 aromatic rings. The molecular formula is C17H21N4O5P. The van der Waals surface area contributed by atoms with Crippen molar-refractivity contribution in [3.8, 4) is 11.5 Å². The predicted molar refractivity (Wildman–Crippen MR) is 102 cm³/mol. The largest absolute Gasteiger partial charge is 0.349 e. The van der Waals surface area contributed by atoms with Crippen LogP contribution in [0.3, 0.4) is 0 Å². The first-order valence-electron chi connectivity index (χ1n) is 8.59. The van der Waals surface area contributed by atoms with E-state index in [9.17, 15) is 9.59 Å². The molecule has 3 N–H and O–H groups in total. The molecule has 10 heteroatoms. The number of rotatable bonds is 7. The molecule has 9 nitrogen and oxygen atoms in total. The number of unbranched alkanes of at least 4 members (excludes halogenated alkanes) is 2. The van der Waals surface area contributed by atoms with Gasteiger partial charge in [0.1, 0.15) is 0 Å². The van der Waals surface area contributed by atoms with Crippen LogP contribution in [0, 0.1) is 13.8 Å². The lowest BCUT2D eigenvalue weighted by molar-refractivity contribution is 0.248. The fourth-order valence-electron chi connectivity index (χ4n) is 2.97. The molecule has 0 radical (unpaired) electrons. The molecule has 0 saturated carbocycles. The van der Waals surface area contributed by atoms with Crippen molar-refractivity contribution in [2.24, 2.45) is 0 Å². The summed E-state index contributed by atoms with van der Waals surface area (Å²) >= 11 is 0. The molecule has 0 atom stereocenters. The molecule has 0 fully saturated rings. The summed E-state index contributed by atoms with van der Waals surface area (Å²) in [5, 5.41) is 0. The molecule has 2 aliphatic heterocycles. The molecule has 0 unspecified atom stereocenters. The Labute approximate surface area is 156 Å². The molecule has 0 spiro atoms. The molecule has 3 rings (SSSR count). The molecule has 0 amide bonds. The Kier molecular flexibility index (Phi) is 5.96. The van der Waals surface area contributed by atoms with E-state index in [1.54, 1.807) is 0 Å². The maximum absolute atomic E-state index is 12.2. The van der Waals surface area contributed by atoms with Gasteiger partial charge in [-0.3, -0.25) is 9.78 Å². The summed E-state index contributed by atoms with van der Waals surface area (Å²) in [6.07, 6.45) is 2.19. The Morgan fingerprint density at radius 1 is 1.11 bits per heavy atom. The van der Waals surface area contributed by atoms with Gasteiger partial charge < -0.3 is 18.9 Å². The first kappa shape index (κ1) is 19.6. The lowest BCUT2D eigenvalue weighted by Crippen LogP contribution is -2.29. The van der Waals surface area contributed by atoms with E-state index in [1.165, 1.54) is 0 Å². The number of aromatic nitrogens is 4. The van der Waals surface area contributed by atoms with Gasteiger partial charge in [0.25, 0.3) is 5.56 Å². The van der Waals surface area contributed by atoms with Gasteiger partial charge in [-0.2, -0.15) is 4.98 Å². The second-order valence-electron chi connectivity index (χ2n) is 6.38. The summed E-state index contributed by atoms with van der Waals surface area (Å²) < 4.78 is 6.61. The highest BCUT2D eigenvalue weighted by molar-refractivity contribution is 7.39. The average Bonchev–Trinajstić information content (AvgIpc) is 2.59. The number of hydrogen-bond acceptors (Lipinski definition) is 7. The van der Waals surface area contributed by atoms with Crippen LogP contribution < -0.4 is 11.2 Å². The van der Waals surface area contributed by atoms with Crippen LogP contribution in [0.25, 0.3) is 22.6 Å². The van der Waals surface area contributed by atoms with Crippen molar-refractivity contribution < 1.29 is 14.3 Å². The van der Waals surface area contributed by atoms with Crippen LogP contribution in [0.15, 0.2) is 21.7 Å². The topological polar surface area (TPSA) is 130 Å². The van der Waals surface area contributed by atoms with E-state index in [4.69, 9.17) is 14.3 Å². The van der Waals surface area contributed by atoms with Gasteiger partial charge in [-0.15, -0.1) is 0 Å². The first-order valence-corrected chi connectivity index (χ1v) is 9.76. The summed E-state index contributed by atoms with van der Waals surface area (Å²) in [7, 11) is -2.32. The molecule has 2 heterocycles. The summed E-state index contributed by atoms with van der Waals surface area (Å²) in [5.41, 5.74) is 2.52. The van der Waals surface area contributed by atoms with Crippen molar-refractivity contribution in [2.75, 3.05) is 6.61 Å². The Bertz CT molecular complexity index is 1050. The van der Waals surface area contributed by atoms with E-state index in [2.05, 4.69) is 15.0 Å². The minimum atomic E-state index is -2.32. The third-order valence-corrected chi connectivity index (χ3v) is 4.87. The fourth-order valence-corrected chi connectivity index (χ4v) is 3.26. The Morgan fingerprint density at radius 3 is 2.59 bits per heavy atom. The number of benzene rings is 1. The summed E-state index contributed by atoms with van der Waals surface area (Å²) in [6, 6.07) is 3.90. The summed E-state index contributed by atoms with van der Waals surface area (Å²) in [4.78, 5) is 52.0. The highest BCUT2D eigenvalue weighted by Gasteiger charge is 2.18. The van der Waals surface area contributed by atoms with Gasteiger partial charge in [-0.25, -0.2) is 9.78 Å². The quantitative estimate of drug-likeness (QED) is 0.316. The molecule has 0 aromatic heterocycles. The number of hydrogen-bond donors (Lipinski definition) is 3. The van der Waals surface area contributed by atoms with Crippen LogP contribution in [-0.4, -0.2) is 35.9 Å². The van der Waals surface area contributed by atoms with Crippen molar-refractivity contribution in [2.45, 2.75) is 39.7 Å². The van der Waals surface area contributed by atoms with E-state index in [-0.39, 0.29) is 18.1 Å². The first-order chi connectivity index (χ1) is 12.9. The Balaban J connectivity index is 1.98. The van der Waals surface area contributed by atoms with E-state index >= 15 is 0 Å². The van der Waals surface area contributed by atoms with Crippen LogP contribution in [0.1, 0.15) is 30.4 Å². The van der Waals surface area contributed by atoms with Gasteiger partial charge in [0, 0.05) is 6.54 Å². The van der Waals surface area contributed by atoms with Crippen molar-refractivity contribution in [1.29, 1.82) is 0 Å². The van der Waals surface area contributed by atoms with Gasteiger partial charge >= 0.3 is 14.3 Å². The van der Waals surface area contributed by atoms with E-state index in [0.29, 0.717) is 18.5 Å². The van der Waals surface area contributed by atoms with Crippen LogP contribution >= 0.6 is 8.60 Å². The van der Waals surface area contributed by atoms with Gasteiger partial charge in [-0.05, 0) is 56.4 Å². The third-order valence-electron chi connectivity index (χ3n) is 4.46. The summed E-state index contributed by atoms with van der Waals surface area (Å²) in [5.74, 6) is 0.269. The van der Waals surface area contributed by atoms with Crippen LogP contribution in [0.2, 0.25) is 0 Å². The zero-order chi connectivity index (χ0) is 19.6. The van der Waals surface area contributed by atoms with E-state index < -0.39 is 19.9 Å². The number of aromatic amines is 1. The Morgan fingerprint density at radius 2 is 1.85 bits per heavy atom. The molecule has 2 aliphatic rings. The van der Waals surface area contributed by atoms with Crippen molar-refractivity contribution in [3.63, 3.8) is 0 Å². The molecule has 0 bridgehead atoms. The van der Waals surface area contributed by atoms with Crippen molar-refractivity contribution in [3.05, 3.63) is 44.1 Å². The molecule has 0 aliphatic carbocycles. The summed E-state index contributed by atoms with van der Waals surface area (Å²) in [6.45, 7) is 4.78. The minimum Gasteiger partial charge on any atom is -0.328 e. The van der Waals surface area contributed by atoms with Gasteiger partial charge in [0.2, 0.25) is 0 Å². The van der Waals surface area contributed by atoms with Crippen molar-refractivity contribution in [1.82, 2.24) is 19.5 Å². The molecule has 1 aromatic carbocycles. The second-order valence-corrected chi connectivity index (χ2v) is 7.14. The molecular weight excluding hydrogens is 371 g/mol. The van der Waals surface area contributed by atoms with Gasteiger partial charge in [-0.1, -0.05) is 0 Å². The normalized spacial score (nSPS) is 11.7. The van der Waals surface area contributed by atoms with Crippen molar-refractivity contribution >= 4 is 19.6 Å². The van der Waals surface area contributed by atoms with E-state index in [0.717, 1.165) is 29.5 Å². The number of aryl methyl sites for hydroxylation is 3. The lowest BCUT2D eigenvalue weighted by atomic mass is 10.1. The number of nitrogens with one attached hydrogen (secondary N) is 1. The van der Waals surface area contributed by atoms with Crippen LogP contribution in [0.4, 0.5) is 0 Å². The number of fused-ring (bicyclic) bond motifs is 2. The highest BCUT2D eigenvalue weighted by Crippen LogP contribution is 2.26.